The third-order valence-electron chi connectivity index (χ3n) is 3.66. The van der Waals surface area contributed by atoms with Crippen molar-refractivity contribution in [3.05, 3.63) is 0 Å². The molecule has 0 aromatic rings. The van der Waals surface area contributed by atoms with E-state index in [1.807, 2.05) is 0 Å². The summed E-state index contributed by atoms with van der Waals surface area (Å²) in [5, 5.41) is 21.3. The molecule has 20 heavy (non-hydrogen) atoms. The third-order valence-corrected chi connectivity index (χ3v) is 3.66. The lowest BCUT2D eigenvalue weighted by Gasteiger charge is -2.36. The molecule has 1 aliphatic carbocycles. The number of aliphatic hydroxyl groups is 1. The van der Waals surface area contributed by atoms with E-state index in [4.69, 9.17) is 4.74 Å². The topological polar surface area (TPSA) is 95.9 Å². The Kier molecular flexibility index (Phi) is 5.39. The van der Waals surface area contributed by atoms with Crippen LogP contribution in [0, 0.1) is 5.92 Å². The highest BCUT2D eigenvalue weighted by Gasteiger charge is 2.48. The lowest BCUT2D eigenvalue weighted by molar-refractivity contribution is -0.148. The maximum atomic E-state index is 11.9. The number of alkyl carbamates (subject to hydrolysis) is 1. The number of carbonyl (C=O) groups excluding carboxylic acids is 1. The largest absolute Gasteiger partial charge is 0.479 e. The van der Waals surface area contributed by atoms with Crippen LogP contribution in [-0.4, -0.2) is 40.0 Å². The van der Waals surface area contributed by atoms with E-state index in [-0.39, 0.29) is 18.9 Å². The predicted molar refractivity (Wildman–Crippen MR) is 73.4 cm³/mol. The van der Waals surface area contributed by atoms with Crippen molar-refractivity contribution < 1.29 is 24.5 Å². The maximum Gasteiger partial charge on any atom is 0.408 e. The van der Waals surface area contributed by atoms with Crippen molar-refractivity contribution in [3.8, 4) is 0 Å². The smallest absolute Gasteiger partial charge is 0.408 e. The van der Waals surface area contributed by atoms with E-state index >= 15 is 0 Å². The molecule has 0 radical (unpaired) electrons. The highest BCUT2D eigenvalue weighted by atomic mass is 16.6. The Morgan fingerprint density at radius 2 is 1.80 bits per heavy atom. The molecule has 0 bridgehead atoms. The van der Waals surface area contributed by atoms with Crippen molar-refractivity contribution >= 4 is 12.1 Å². The van der Waals surface area contributed by atoms with Gasteiger partial charge in [-0.2, -0.15) is 0 Å². The molecule has 0 aliphatic heterocycles. The third kappa shape index (κ3) is 4.10. The highest BCUT2D eigenvalue weighted by Crippen LogP contribution is 2.36. The van der Waals surface area contributed by atoms with Gasteiger partial charge in [0.2, 0.25) is 0 Å². The summed E-state index contributed by atoms with van der Waals surface area (Å²) in [6.07, 6.45) is 2.61. The number of carboxylic acid groups (broad SMARTS) is 1. The molecule has 1 amide bonds. The van der Waals surface area contributed by atoms with E-state index in [0.717, 1.165) is 25.7 Å². The normalized spacial score (nSPS) is 19.4. The Labute approximate surface area is 119 Å². The van der Waals surface area contributed by atoms with Crippen molar-refractivity contribution in [3.63, 3.8) is 0 Å². The lowest BCUT2D eigenvalue weighted by Crippen LogP contribution is -2.60. The summed E-state index contributed by atoms with van der Waals surface area (Å²) in [6.45, 7) is 4.86. The zero-order chi connectivity index (χ0) is 15.4. The van der Waals surface area contributed by atoms with Crippen LogP contribution < -0.4 is 5.32 Å². The molecule has 1 rings (SSSR count). The molecular weight excluding hydrogens is 262 g/mol. The van der Waals surface area contributed by atoms with E-state index in [0.29, 0.717) is 0 Å². The van der Waals surface area contributed by atoms with Crippen molar-refractivity contribution in [1.82, 2.24) is 5.32 Å². The average molecular weight is 287 g/mol. The quantitative estimate of drug-likeness (QED) is 0.717. The highest BCUT2D eigenvalue weighted by molar-refractivity contribution is 5.85. The zero-order valence-electron chi connectivity index (χ0n) is 12.4. The number of aliphatic carboxylic acids is 1. The van der Waals surface area contributed by atoms with Gasteiger partial charge in [0, 0.05) is 13.0 Å². The summed E-state index contributed by atoms with van der Waals surface area (Å²) in [5.74, 6) is -1.27. The number of hydrogen-bond donors (Lipinski definition) is 3. The molecule has 0 spiro atoms. The summed E-state index contributed by atoms with van der Waals surface area (Å²) in [4.78, 5) is 23.7. The molecule has 1 atom stereocenters. The number of aliphatic hydroxyl groups excluding tert-OH is 1. The molecule has 0 saturated heterocycles. The number of nitrogens with one attached hydrogen (secondary N) is 1. The number of carbonyl (C=O) groups is 2. The van der Waals surface area contributed by atoms with Gasteiger partial charge in [0.25, 0.3) is 0 Å². The summed E-state index contributed by atoms with van der Waals surface area (Å²) in [6, 6.07) is 0. The molecular formula is C14H25NO5. The van der Waals surface area contributed by atoms with Gasteiger partial charge in [-0.05, 0) is 39.5 Å². The van der Waals surface area contributed by atoms with Crippen LogP contribution in [-0.2, 0) is 9.53 Å². The first-order chi connectivity index (χ1) is 9.21. The summed E-state index contributed by atoms with van der Waals surface area (Å²) < 4.78 is 5.15. The fourth-order valence-electron chi connectivity index (χ4n) is 2.78. The minimum atomic E-state index is -1.44. The minimum absolute atomic E-state index is 0.00770. The van der Waals surface area contributed by atoms with Gasteiger partial charge in [-0.1, -0.05) is 12.8 Å². The molecule has 1 aliphatic rings. The van der Waals surface area contributed by atoms with Crippen LogP contribution in [0.15, 0.2) is 0 Å². The fraction of sp³-hybridized carbons (Fsp3) is 0.857. The molecule has 6 heteroatoms. The number of hydrogen-bond acceptors (Lipinski definition) is 4. The number of rotatable bonds is 5. The van der Waals surface area contributed by atoms with Crippen LogP contribution in [0.25, 0.3) is 0 Å². The molecule has 1 fully saturated rings. The molecule has 0 heterocycles. The number of amides is 1. The molecule has 0 aromatic carbocycles. The second kappa shape index (κ2) is 6.43. The van der Waals surface area contributed by atoms with E-state index < -0.39 is 23.2 Å². The van der Waals surface area contributed by atoms with Crippen LogP contribution in [0.3, 0.4) is 0 Å². The standard InChI is InChI=1S/C14H25NO5/c1-13(2,3)20-12(19)15-14(8-9-16,11(17)18)10-6-4-5-7-10/h10,16H,4-9H2,1-3H3,(H,15,19)(H,17,18)/t14-/m0/s1. The Bertz CT molecular complexity index is 357. The minimum Gasteiger partial charge on any atom is -0.479 e. The van der Waals surface area contributed by atoms with Crippen molar-refractivity contribution in [1.29, 1.82) is 0 Å². The monoisotopic (exact) mass is 287 g/mol. The number of carboxylic acids is 1. The van der Waals surface area contributed by atoms with Crippen LogP contribution in [0.2, 0.25) is 0 Å². The van der Waals surface area contributed by atoms with Gasteiger partial charge in [0.1, 0.15) is 11.1 Å². The molecule has 0 unspecified atom stereocenters. The fourth-order valence-corrected chi connectivity index (χ4v) is 2.78. The molecule has 6 nitrogen and oxygen atoms in total. The van der Waals surface area contributed by atoms with Gasteiger partial charge < -0.3 is 20.3 Å². The van der Waals surface area contributed by atoms with Gasteiger partial charge in [-0.3, -0.25) is 0 Å². The zero-order valence-corrected chi connectivity index (χ0v) is 12.4. The Morgan fingerprint density at radius 3 is 2.20 bits per heavy atom. The molecule has 116 valence electrons. The molecule has 1 saturated carbocycles. The van der Waals surface area contributed by atoms with E-state index in [1.54, 1.807) is 20.8 Å². The lowest BCUT2D eigenvalue weighted by atomic mass is 9.80. The predicted octanol–water partition coefficient (Wildman–Crippen LogP) is 1.91. The SMILES string of the molecule is CC(C)(C)OC(=O)N[C@](CCO)(C(=O)O)C1CCCC1. The van der Waals surface area contributed by atoms with Gasteiger partial charge >= 0.3 is 12.1 Å². The van der Waals surface area contributed by atoms with E-state index in [9.17, 15) is 19.8 Å². The average Bonchev–Trinajstić information content (AvgIpc) is 2.78. The van der Waals surface area contributed by atoms with E-state index in [1.165, 1.54) is 0 Å². The van der Waals surface area contributed by atoms with E-state index in [2.05, 4.69) is 5.32 Å². The Hall–Kier alpha value is -1.30. The van der Waals surface area contributed by atoms with Crippen molar-refractivity contribution in [2.75, 3.05) is 6.61 Å². The van der Waals surface area contributed by atoms with Gasteiger partial charge in [0.05, 0.1) is 0 Å². The first-order valence-corrected chi connectivity index (χ1v) is 7.07. The first kappa shape index (κ1) is 16.8. The molecule has 0 aromatic heterocycles. The van der Waals surface area contributed by atoms with Crippen LogP contribution in [0.1, 0.15) is 52.9 Å². The second-order valence-electron chi connectivity index (χ2n) is 6.36. The second-order valence-corrected chi connectivity index (χ2v) is 6.36. The summed E-state index contributed by atoms with van der Waals surface area (Å²) >= 11 is 0. The first-order valence-electron chi connectivity index (χ1n) is 7.07. The van der Waals surface area contributed by atoms with Crippen molar-refractivity contribution in [2.24, 2.45) is 5.92 Å². The van der Waals surface area contributed by atoms with Gasteiger partial charge in [-0.25, -0.2) is 9.59 Å². The van der Waals surface area contributed by atoms with Crippen LogP contribution >= 0.6 is 0 Å². The van der Waals surface area contributed by atoms with Crippen molar-refractivity contribution in [2.45, 2.75) is 64.0 Å². The van der Waals surface area contributed by atoms with Gasteiger partial charge in [-0.15, -0.1) is 0 Å². The number of ether oxygens (including phenoxy) is 1. The summed E-state index contributed by atoms with van der Waals surface area (Å²) in [5.41, 5.74) is -2.13. The van der Waals surface area contributed by atoms with Crippen LogP contribution in [0.4, 0.5) is 4.79 Å². The van der Waals surface area contributed by atoms with Gasteiger partial charge in [0.15, 0.2) is 0 Å². The maximum absolute atomic E-state index is 11.9. The summed E-state index contributed by atoms with van der Waals surface area (Å²) in [7, 11) is 0. The molecule has 3 N–H and O–H groups in total. The Balaban J connectivity index is 2.91. The van der Waals surface area contributed by atoms with Crippen LogP contribution in [0.5, 0.6) is 0 Å². The Morgan fingerprint density at radius 1 is 1.25 bits per heavy atom.